The molecule has 4 aromatic rings. The molecule has 2 N–H and O–H groups in total. The fourth-order valence-corrected chi connectivity index (χ4v) is 8.80. The van der Waals surface area contributed by atoms with Crippen molar-refractivity contribution in [2.24, 2.45) is 5.41 Å². The number of benzene rings is 1. The van der Waals surface area contributed by atoms with Crippen molar-refractivity contribution >= 4 is 40.1 Å². The third-order valence-electron chi connectivity index (χ3n) is 11.0. The Kier molecular flexibility index (Phi) is 10.7. The van der Waals surface area contributed by atoms with Gasteiger partial charge in [-0.2, -0.15) is 0 Å². The minimum absolute atomic E-state index is 0.0308. The first kappa shape index (κ1) is 38.8. The van der Waals surface area contributed by atoms with Crippen LogP contribution in [0.25, 0.3) is 33.4 Å². The zero-order valence-electron chi connectivity index (χ0n) is 32.2. The van der Waals surface area contributed by atoms with Crippen LogP contribution in [-0.4, -0.2) is 93.2 Å². The lowest BCUT2D eigenvalue weighted by Gasteiger charge is -2.44. The Bertz CT molecular complexity index is 2090. The number of aryl methyl sites for hydroxylation is 1. The number of hydrazine groups is 1. The van der Waals surface area contributed by atoms with Gasteiger partial charge < -0.3 is 24.3 Å². The molecule has 0 spiro atoms. The van der Waals surface area contributed by atoms with E-state index in [1.807, 2.05) is 24.4 Å². The zero-order chi connectivity index (χ0) is 39.2. The second-order valence-corrected chi connectivity index (χ2v) is 16.6. The number of cyclic esters (lactones) is 1. The number of alkyl halides is 2. The molecule has 0 radical (unpaired) electrons. The van der Waals surface area contributed by atoms with Crippen LogP contribution in [0.5, 0.6) is 0 Å². The number of pyridine rings is 1. The minimum Gasteiger partial charge on any atom is -0.464 e. The van der Waals surface area contributed by atoms with Gasteiger partial charge in [-0.05, 0) is 69.4 Å². The molecular weight excluding hydrogens is 729 g/mol. The van der Waals surface area contributed by atoms with E-state index in [-0.39, 0.29) is 32.1 Å². The molecule has 3 amide bonds. The van der Waals surface area contributed by atoms with Crippen LogP contribution in [0.3, 0.4) is 0 Å². The summed E-state index contributed by atoms with van der Waals surface area (Å²) in [4.78, 5) is 51.9. The molecule has 55 heavy (non-hydrogen) atoms. The van der Waals surface area contributed by atoms with Gasteiger partial charge in [0, 0.05) is 79.1 Å². The van der Waals surface area contributed by atoms with Gasteiger partial charge in [0.05, 0.1) is 40.8 Å². The molecule has 4 atom stereocenters. The largest absolute Gasteiger partial charge is 0.464 e. The monoisotopic (exact) mass is 777 g/mol. The van der Waals surface area contributed by atoms with Gasteiger partial charge in [-0.1, -0.05) is 19.9 Å². The van der Waals surface area contributed by atoms with E-state index in [9.17, 15) is 23.2 Å². The molecule has 15 heteroatoms. The van der Waals surface area contributed by atoms with E-state index in [0.717, 1.165) is 50.8 Å². The Labute approximate surface area is 323 Å². The number of hydrogen-bond donors (Lipinski definition) is 2. The van der Waals surface area contributed by atoms with Crippen LogP contribution in [0.2, 0.25) is 0 Å². The van der Waals surface area contributed by atoms with Crippen molar-refractivity contribution in [3.63, 3.8) is 0 Å². The quantitative estimate of drug-likeness (QED) is 0.212. The van der Waals surface area contributed by atoms with E-state index in [0.29, 0.717) is 43.1 Å². The number of aromatic nitrogens is 3. The van der Waals surface area contributed by atoms with Crippen LogP contribution < -0.4 is 10.7 Å². The number of esters is 1. The standard InChI is InChI=1S/C40H49F2N7O5S/c1-7-47-31-13-12-24-18-26(31)27(35(47)25-10-8-15-43-34(25)23(2)53-6)20-39(3,4)22-54-37(51)28-11-9-16-49(46-28)36(50)29(19-33-44-30(24)21-55-33)45-38(52)48-17-14-32(48)40(5,41)42/h8,10,12-13,15,18,21,23,28-29,32,46H,7,9,11,14,16-17,19-20,22H2,1-6H3,(H,45,52)/t23-,28-,29-,32-/m0/s1. The highest BCUT2D eigenvalue weighted by Crippen LogP contribution is 2.42. The van der Waals surface area contributed by atoms with E-state index in [1.54, 1.807) is 13.3 Å². The highest BCUT2D eigenvalue weighted by Gasteiger charge is 2.47. The molecule has 0 saturated carbocycles. The third-order valence-corrected chi connectivity index (χ3v) is 11.9. The van der Waals surface area contributed by atoms with Crippen LogP contribution >= 0.6 is 11.3 Å². The number of nitrogens with one attached hydrogen (secondary N) is 2. The summed E-state index contributed by atoms with van der Waals surface area (Å²) in [5.74, 6) is -4.05. The number of rotatable bonds is 6. The molecule has 1 aromatic carbocycles. The number of amides is 3. The number of hydrogen-bond acceptors (Lipinski definition) is 9. The third kappa shape index (κ3) is 7.70. The van der Waals surface area contributed by atoms with Gasteiger partial charge in [-0.3, -0.25) is 19.6 Å². The molecule has 294 valence electrons. The first-order valence-corrected chi connectivity index (χ1v) is 19.8. The number of ether oxygens (including phenoxy) is 2. The van der Waals surface area contributed by atoms with Gasteiger partial charge >= 0.3 is 12.0 Å². The fourth-order valence-electron chi connectivity index (χ4n) is 7.95. The molecule has 3 aliphatic heterocycles. The van der Waals surface area contributed by atoms with E-state index in [4.69, 9.17) is 19.4 Å². The van der Waals surface area contributed by atoms with Crippen LogP contribution in [0.15, 0.2) is 41.9 Å². The normalized spacial score (nSPS) is 22.5. The van der Waals surface area contributed by atoms with Gasteiger partial charge in [0.2, 0.25) is 0 Å². The summed E-state index contributed by atoms with van der Waals surface area (Å²) in [5, 5.41) is 7.64. The van der Waals surface area contributed by atoms with E-state index < -0.39 is 47.4 Å². The van der Waals surface area contributed by atoms with Gasteiger partial charge in [0.1, 0.15) is 12.1 Å². The molecule has 6 heterocycles. The van der Waals surface area contributed by atoms with Gasteiger partial charge in [-0.15, -0.1) is 11.3 Å². The molecule has 7 rings (SSSR count). The summed E-state index contributed by atoms with van der Waals surface area (Å²) in [6.45, 7) is 10.3. The lowest BCUT2D eigenvalue weighted by molar-refractivity contribution is -0.155. The van der Waals surface area contributed by atoms with Crippen molar-refractivity contribution in [2.45, 2.75) is 103 Å². The minimum atomic E-state index is -3.08. The number of thiazole rings is 1. The summed E-state index contributed by atoms with van der Waals surface area (Å²) < 4.78 is 42.6. The van der Waals surface area contributed by atoms with Crippen LogP contribution in [0.1, 0.15) is 76.3 Å². The number of halogens is 2. The molecular formula is C40H49F2N7O5S. The molecule has 2 fully saturated rings. The average Bonchev–Trinajstić information content (AvgIpc) is 3.73. The van der Waals surface area contributed by atoms with Crippen molar-refractivity contribution in [3.8, 4) is 22.5 Å². The van der Waals surface area contributed by atoms with Crippen molar-refractivity contribution in [2.75, 3.05) is 26.8 Å². The number of carbonyl (C=O) groups is 3. The smallest absolute Gasteiger partial charge is 0.324 e. The Morgan fingerprint density at radius 2 is 2.02 bits per heavy atom. The fraction of sp³-hybridized carbons (Fsp3) is 0.525. The summed E-state index contributed by atoms with van der Waals surface area (Å²) in [5.41, 5.74) is 9.07. The Balaban J connectivity index is 1.33. The summed E-state index contributed by atoms with van der Waals surface area (Å²) in [6.07, 6.45) is 3.27. The number of fused-ring (bicyclic) bond motifs is 6. The molecule has 6 bridgehead atoms. The predicted molar refractivity (Wildman–Crippen MR) is 205 cm³/mol. The molecule has 3 aromatic heterocycles. The van der Waals surface area contributed by atoms with Gasteiger partial charge in [0.25, 0.3) is 11.8 Å². The molecule has 0 unspecified atom stereocenters. The zero-order valence-corrected chi connectivity index (χ0v) is 33.0. The summed E-state index contributed by atoms with van der Waals surface area (Å²) >= 11 is 1.36. The van der Waals surface area contributed by atoms with Crippen LogP contribution in [0.4, 0.5) is 13.6 Å². The Hall–Kier alpha value is -4.47. The first-order chi connectivity index (χ1) is 26.2. The maximum atomic E-state index is 14.3. The number of likely N-dealkylation sites (tertiary alicyclic amines) is 1. The Morgan fingerprint density at radius 1 is 1.22 bits per heavy atom. The maximum Gasteiger partial charge on any atom is 0.324 e. The summed E-state index contributed by atoms with van der Waals surface area (Å²) in [6, 6.07) is 6.37. The van der Waals surface area contributed by atoms with E-state index >= 15 is 0 Å². The van der Waals surface area contributed by atoms with E-state index in [1.165, 1.54) is 16.3 Å². The second-order valence-electron chi connectivity index (χ2n) is 15.7. The first-order valence-electron chi connectivity index (χ1n) is 19.0. The highest BCUT2D eigenvalue weighted by molar-refractivity contribution is 7.10. The van der Waals surface area contributed by atoms with Crippen LogP contribution in [-0.2, 0) is 38.4 Å². The van der Waals surface area contributed by atoms with Crippen LogP contribution in [0, 0.1) is 5.41 Å². The van der Waals surface area contributed by atoms with Gasteiger partial charge in [0.15, 0.2) is 0 Å². The van der Waals surface area contributed by atoms with E-state index in [2.05, 4.69) is 54.3 Å². The van der Waals surface area contributed by atoms with Crippen molar-refractivity contribution in [3.05, 3.63) is 58.2 Å². The second kappa shape index (κ2) is 15.2. The number of methoxy groups -OCH3 is 1. The number of carbonyl (C=O) groups excluding carboxylic acids is 3. The topological polar surface area (TPSA) is 131 Å². The maximum absolute atomic E-state index is 14.3. The predicted octanol–water partition coefficient (Wildman–Crippen LogP) is 6.53. The summed E-state index contributed by atoms with van der Waals surface area (Å²) in [7, 11) is 1.67. The molecule has 3 aliphatic rings. The Morgan fingerprint density at radius 3 is 2.73 bits per heavy atom. The number of urea groups is 1. The lowest BCUT2D eigenvalue weighted by atomic mass is 9.84. The lowest BCUT2D eigenvalue weighted by Crippen LogP contribution is -2.65. The highest BCUT2D eigenvalue weighted by atomic mass is 32.1. The molecule has 2 saturated heterocycles. The molecule has 12 nitrogen and oxygen atoms in total. The molecule has 0 aliphatic carbocycles. The van der Waals surface area contributed by atoms with Gasteiger partial charge in [-0.25, -0.2) is 24.0 Å². The van der Waals surface area contributed by atoms with Crippen molar-refractivity contribution < 1.29 is 32.6 Å². The van der Waals surface area contributed by atoms with Crippen molar-refractivity contribution in [1.29, 1.82) is 0 Å². The number of nitrogens with zero attached hydrogens (tertiary/aromatic N) is 5. The van der Waals surface area contributed by atoms with Crippen molar-refractivity contribution in [1.82, 2.24) is 35.2 Å². The average molecular weight is 778 g/mol. The SMILES string of the molecule is CCn1c(-c2cccnc2[C@H](C)OC)c2c3cc(ccc31)-c1csc(n1)C[C@H](NC(=O)N1CC[C@H]1C(C)(F)F)C(=O)N1CCC[C@H](N1)C(=O)OCC(C)(C)C2.